The van der Waals surface area contributed by atoms with Gasteiger partial charge in [0.05, 0.1) is 0 Å². The lowest BCUT2D eigenvalue weighted by Gasteiger charge is -2.17. The minimum Gasteiger partial charge on any atom is -0.325 e. The third kappa shape index (κ3) is 3.48. The van der Waals surface area contributed by atoms with Crippen molar-refractivity contribution in [2.45, 2.75) is 39.7 Å². The molecule has 2 N–H and O–H groups in total. The van der Waals surface area contributed by atoms with Crippen molar-refractivity contribution >= 4 is 5.78 Å². The predicted molar refractivity (Wildman–Crippen MR) is 63.1 cm³/mol. The minimum atomic E-state index is -0.437. The summed E-state index contributed by atoms with van der Waals surface area (Å²) in [4.78, 5) is 12.0. The van der Waals surface area contributed by atoms with Crippen molar-refractivity contribution in [1.82, 2.24) is 0 Å². The number of nitrogens with two attached hydrogens (primary N) is 1. The maximum absolute atomic E-state index is 12.0. The van der Waals surface area contributed by atoms with E-state index in [2.05, 4.69) is 0 Å². The Bertz CT molecular complexity index is 375. The number of ketones is 1. The number of hydrogen-bond acceptors (Lipinski definition) is 2. The summed E-state index contributed by atoms with van der Waals surface area (Å²) < 4.78 is 0. The summed E-state index contributed by atoms with van der Waals surface area (Å²) in [5.41, 5.74) is 8.34. The Morgan fingerprint density at radius 3 is 2.47 bits per heavy atom. The summed E-state index contributed by atoms with van der Waals surface area (Å²) >= 11 is 0. The van der Waals surface area contributed by atoms with E-state index in [0.717, 1.165) is 16.7 Å². The summed E-state index contributed by atoms with van der Waals surface area (Å²) in [6.45, 7) is 7.69. The molecule has 82 valence electrons. The van der Waals surface area contributed by atoms with Gasteiger partial charge in [0, 0.05) is 17.5 Å². The van der Waals surface area contributed by atoms with E-state index in [1.165, 1.54) is 0 Å². The first kappa shape index (κ1) is 11.9. The quantitative estimate of drug-likeness (QED) is 0.771. The van der Waals surface area contributed by atoms with Crippen molar-refractivity contribution in [3.05, 3.63) is 34.9 Å². The summed E-state index contributed by atoms with van der Waals surface area (Å²) in [6, 6.07) is 5.93. The molecule has 0 bridgehead atoms. The number of benzene rings is 1. The van der Waals surface area contributed by atoms with Crippen LogP contribution in [0.5, 0.6) is 0 Å². The molecule has 0 aliphatic carbocycles. The number of carbonyl (C=O) groups excluding carboxylic acids is 1. The summed E-state index contributed by atoms with van der Waals surface area (Å²) in [5, 5.41) is 0. The zero-order valence-electron chi connectivity index (χ0n) is 9.92. The summed E-state index contributed by atoms with van der Waals surface area (Å²) in [5.74, 6) is 0.128. The van der Waals surface area contributed by atoms with Crippen LogP contribution >= 0.6 is 0 Å². The van der Waals surface area contributed by atoms with E-state index in [0.29, 0.717) is 6.42 Å². The molecule has 0 atom stereocenters. The fourth-order valence-electron chi connectivity index (χ4n) is 1.55. The van der Waals surface area contributed by atoms with Gasteiger partial charge < -0.3 is 5.73 Å². The van der Waals surface area contributed by atoms with Crippen molar-refractivity contribution in [2.24, 2.45) is 5.73 Å². The zero-order chi connectivity index (χ0) is 11.6. The highest BCUT2D eigenvalue weighted by molar-refractivity contribution is 5.98. The van der Waals surface area contributed by atoms with E-state index in [9.17, 15) is 4.79 Å². The Kier molecular flexibility index (Phi) is 3.30. The van der Waals surface area contributed by atoms with Crippen LogP contribution in [0.15, 0.2) is 18.2 Å². The molecule has 2 heteroatoms. The van der Waals surface area contributed by atoms with Crippen molar-refractivity contribution in [3.8, 4) is 0 Å². The van der Waals surface area contributed by atoms with Gasteiger partial charge in [0.2, 0.25) is 0 Å². The first-order valence-electron chi connectivity index (χ1n) is 5.19. The third-order valence-electron chi connectivity index (χ3n) is 2.31. The lowest BCUT2D eigenvalue weighted by atomic mass is 9.92. The first-order valence-corrected chi connectivity index (χ1v) is 5.19. The van der Waals surface area contributed by atoms with Crippen molar-refractivity contribution in [1.29, 1.82) is 0 Å². The maximum atomic E-state index is 12.0. The summed E-state index contributed by atoms with van der Waals surface area (Å²) in [7, 11) is 0. The van der Waals surface area contributed by atoms with Crippen LogP contribution in [0.4, 0.5) is 0 Å². The van der Waals surface area contributed by atoms with Gasteiger partial charge in [-0.25, -0.2) is 0 Å². The molecular weight excluding hydrogens is 186 g/mol. The Labute approximate surface area is 91.5 Å². The Morgan fingerprint density at radius 2 is 1.93 bits per heavy atom. The molecule has 0 unspecified atom stereocenters. The van der Waals surface area contributed by atoms with Crippen molar-refractivity contribution < 1.29 is 4.79 Å². The van der Waals surface area contributed by atoms with Crippen LogP contribution in [0.25, 0.3) is 0 Å². The average molecular weight is 205 g/mol. The van der Waals surface area contributed by atoms with Gasteiger partial charge in [0.1, 0.15) is 0 Å². The largest absolute Gasteiger partial charge is 0.325 e. The zero-order valence-corrected chi connectivity index (χ0v) is 9.92. The predicted octanol–water partition coefficient (Wildman–Crippen LogP) is 2.61. The third-order valence-corrected chi connectivity index (χ3v) is 2.31. The fraction of sp³-hybridized carbons (Fsp3) is 0.462. The maximum Gasteiger partial charge on any atom is 0.164 e. The smallest absolute Gasteiger partial charge is 0.164 e. The number of rotatable bonds is 3. The molecule has 0 aromatic heterocycles. The van der Waals surface area contributed by atoms with Crippen LogP contribution in [-0.2, 0) is 0 Å². The van der Waals surface area contributed by atoms with Gasteiger partial charge >= 0.3 is 0 Å². The van der Waals surface area contributed by atoms with Crippen LogP contribution in [0.2, 0.25) is 0 Å². The molecule has 0 heterocycles. The molecule has 0 saturated heterocycles. The molecule has 2 nitrogen and oxygen atoms in total. The second-order valence-corrected chi connectivity index (χ2v) is 4.91. The molecule has 1 rings (SSSR count). The Hall–Kier alpha value is -1.15. The monoisotopic (exact) mass is 205 g/mol. The topological polar surface area (TPSA) is 43.1 Å². The van der Waals surface area contributed by atoms with Crippen LogP contribution in [0.3, 0.4) is 0 Å². The SMILES string of the molecule is Cc1ccc(C)c(C(=O)CC(C)(C)N)c1. The lowest BCUT2D eigenvalue weighted by molar-refractivity contribution is 0.0959. The lowest BCUT2D eigenvalue weighted by Crippen LogP contribution is -2.34. The summed E-state index contributed by atoms with van der Waals surface area (Å²) in [6.07, 6.45) is 0.386. The van der Waals surface area contributed by atoms with Crippen LogP contribution in [-0.4, -0.2) is 11.3 Å². The highest BCUT2D eigenvalue weighted by Crippen LogP contribution is 2.16. The Morgan fingerprint density at radius 1 is 1.33 bits per heavy atom. The minimum absolute atomic E-state index is 0.128. The molecule has 0 spiro atoms. The number of hydrogen-bond donors (Lipinski definition) is 1. The van der Waals surface area contributed by atoms with Crippen LogP contribution in [0.1, 0.15) is 41.8 Å². The van der Waals surface area contributed by atoms with Crippen LogP contribution < -0.4 is 5.73 Å². The van der Waals surface area contributed by atoms with E-state index < -0.39 is 5.54 Å². The number of carbonyl (C=O) groups is 1. The van der Waals surface area contributed by atoms with Gasteiger partial charge in [0.25, 0.3) is 0 Å². The highest BCUT2D eigenvalue weighted by atomic mass is 16.1. The molecule has 1 aromatic carbocycles. The average Bonchev–Trinajstić information content (AvgIpc) is 2.06. The second kappa shape index (κ2) is 4.15. The van der Waals surface area contributed by atoms with Crippen molar-refractivity contribution in [3.63, 3.8) is 0 Å². The molecule has 0 saturated carbocycles. The van der Waals surface area contributed by atoms with Gasteiger partial charge in [-0.2, -0.15) is 0 Å². The molecule has 0 aliphatic heterocycles. The van der Waals surface area contributed by atoms with Crippen molar-refractivity contribution in [2.75, 3.05) is 0 Å². The molecule has 0 fully saturated rings. The standard InChI is InChI=1S/C13H19NO/c1-9-5-6-10(2)11(7-9)12(15)8-13(3,4)14/h5-7H,8,14H2,1-4H3. The van der Waals surface area contributed by atoms with E-state index >= 15 is 0 Å². The van der Waals surface area contributed by atoms with E-state index in [4.69, 9.17) is 5.73 Å². The molecule has 0 amide bonds. The number of aryl methyl sites for hydroxylation is 2. The normalized spacial score (nSPS) is 11.5. The highest BCUT2D eigenvalue weighted by Gasteiger charge is 2.18. The molecule has 0 aliphatic rings. The molecule has 1 aromatic rings. The molecule has 15 heavy (non-hydrogen) atoms. The van der Waals surface area contributed by atoms with Gasteiger partial charge in [-0.3, -0.25) is 4.79 Å². The van der Waals surface area contributed by atoms with Crippen LogP contribution in [0, 0.1) is 13.8 Å². The van der Waals surface area contributed by atoms with E-state index in [-0.39, 0.29) is 5.78 Å². The van der Waals surface area contributed by atoms with E-state index in [1.807, 2.05) is 45.9 Å². The first-order chi connectivity index (χ1) is 6.79. The van der Waals surface area contributed by atoms with Gasteiger partial charge in [0.15, 0.2) is 5.78 Å². The van der Waals surface area contributed by atoms with Gasteiger partial charge in [-0.05, 0) is 39.3 Å². The molecule has 0 radical (unpaired) electrons. The van der Waals surface area contributed by atoms with E-state index in [1.54, 1.807) is 0 Å². The van der Waals surface area contributed by atoms with Gasteiger partial charge in [-0.1, -0.05) is 17.7 Å². The number of Topliss-reactive ketones (excluding diaryl/α,β-unsaturated/α-hetero) is 1. The Balaban J connectivity index is 2.96. The second-order valence-electron chi connectivity index (χ2n) is 4.91. The van der Waals surface area contributed by atoms with Gasteiger partial charge in [-0.15, -0.1) is 0 Å². The fourth-order valence-corrected chi connectivity index (χ4v) is 1.55. The molecular formula is C13H19NO.